The van der Waals surface area contributed by atoms with E-state index in [1.807, 2.05) is 0 Å². The highest BCUT2D eigenvalue weighted by Crippen LogP contribution is 2.36. The van der Waals surface area contributed by atoms with Crippen molar-refractivity contribution in [3.05, 3.63) is 0 Å². The fourth-order valence-electron chi connectivity index (χ4n) is 3.81. The molecule has 1 aliphatic carbocycles. The first kappa shape index (κ1) is 15.2. The normalized spacial score (nSPS) is 29.8. The first-order valence-corrected chi connectivity index (χ1v) is 7.91. The van der Waals surface area contributed by atoms with Crippen molar-refractivity contribution < 1.29 is 8.78 Å². The molecule has 1 heterocycles. The molecule has 4 heteroatoms. The Morgan fingerprint density at radius 1 is 1.11 bits per heavy atom. The van der Waals surface area contributed by atoms with Gasteiger partial charge in [0.25, 0.3) is 0 Å². The molecule has 0 aromatic rings. The second-order valence-corrected chi connectivity index (χ2v) is 6.09. The molecule has 2 nitrogen and oxygen atoms in total. The minimum Gasteiger partial charge on any atom is -0.301 e. The number of rotatable bonds is 4. The van der Waals surface area contributed by atoms with Crippen LogP contribution in [0.2, 0.25) is 0 Å². The van der Waals surface area contributed by atoms with E-state index in [0.29, 0.717) is 12.5 Å². The predicted molar refractivity (Wildman–Crippen MR) is 74.7 cm³/mol. The average molecular weight is 274 g/mol. The van der Waals surface area contributed by atoms with Gasteiger partial charge in [-0.05, 0) is 51.9 Å². The first-order chi connectivity index (χ1) is 9.05. The van der Waals surface area contributed by atoms with Crippen LogP contribution in [0.1, 0.15) is 52.4 Å². The smallest absolute Gasteiger partial charge is 0.249 e. The fraction of sp³-hybridized carbons (Fsp3) is 1.00. The molecule has 0 amide bonds. The lowest BCUT2D eigenvalue weighted by Crippen LogP contribution is -2.50. The third-order valence-corrected chi connectivity index (χ3v) is 4.96. The number of hydrogen-bond acceptors (Lipinski definition) is 2. The van der Waals surface area contributed by atoms with Crippen LogP contribution in [0.25, 0.3) is 0 Å². The largest absolute Gasteiger partial charge is 0.301 e. The molecule has 19 heavy (non-hydrogen) atoms. The molecule has 112 valence electrons. The van der Waals surface area contributed by atoms with Gasteiger partial charge in [0, 0.05) is 24.9 Å². The van der Waals surface area contributed by atoms with E-state index in [0.717, 1.165) is 45.4 Å². The Bertz CT molecular complexity index is 271. The van der Waals surface area contributed by atoms with E-state index in [1.165, 1.54) is 0 Å². The summed E-state index contributed by atoms with van der Waals surface area (Å²) in [6.07, 6.45) is 4.12. The monoisotopic (exact) mass is 274 g/mol. The van der Waals surface area contributed by atoms with Crippen LogP contribution in [-0.4, -0.2) is 54.0 Å². The molecule has 0 spiro atoms. The molecule has 0 unspecified atom stereocenters. The van der Waals surface area contributed by atoms with E-state index in [2.05, 4.69) is 23.6 Å². The molecule has 1 saturated heterocycles. The molecule has 1 atom stereocenters. The quantitative estimate of drug-likeness (QED) is 0.775. The van der Waals surface area contributed by atoms with E-state index in [1.54, 1.807) is 0 Å². The standard InChI is InChI=1S/C15H28F2N2/c1-3-18(4-2)13-7-10-19(11-8-13)14-6-5-9-15(16,17)12-14/h13-14H,3-12H2,1-2H3/t14-/m0/s1. The van der Waals surface area contributed by atoms with Crippen LogP contribution in [0.5, 0.6) is 0 Å². The van der Waals surface area contributed by atoms with Gasteiger partial charge < -0.3 is 9.80 Å². The lowest BCUT2D eigenvalue weighted by atomic mass is 9.89. The molecule has 0 aromatic carbocycles. The maximum atomic E-state index is 13.5. The molecule has 0 radical (unpaired) electrons. The van der Waals surface area contributed by atoms with E-state index < -0.39 is 5.92 Å². The Balaban J connectivity index is 1.83. The van der Waals surface area contributed by atoms with Crippen LogP contribution in [0.15, 0.2) is 0 Å². The third kappa shape index (κ3) is 3.88. The molecule has 0 bridgehead atoms. The van der Waals surface area contributed by atoms with Crippen molar-refractivity contribution in [2.45, 2.75) is 70.4 Å². The number of likely N-dealkylation sites (tertiary alicyclic amines) is 1. The van der Waals surface area contributed by atoms with Crippen LogP contribution in [0.3, 0.4) is 0 Å². The summed E-state index contributed by atoms with van der Waals surface area (Å²) in [6, 6.07) is 0.789. The molecule has 2 fully saturated rings. The zero-order valence-corrected chi connectivity index (χ0v) is 12.4. The van der Waals surface area contributed by atoms with Crippen molar-refractivity contribution in [2.75, 3.05) is 26.2 Å². The summed E-state index contributed by atoms with van der Waals surface area (Å²) in [4.78, 5) is 4.83. The van der Waals surface area contributed by atoms with Gasteiger partial charge in [-0.1, -0.05) is 13.8 Å². The van der Waals surface area contributed by atoms with Crippen LogP contribution >= 0.6 is 0 Å². The SMILES string of the molecule is CCN(CC)C1CCN([C@H]2CCCC(F)(F)C2)CC1. The molecule has 2 rings (SSSR count). The lowest BCUT2D eigenvalue weighted by Gasteiger charge is -2.43. The predicted octanol–water partition coefficient (Wildman–Crippen LogP) is 3.37. The van der Waals surface area contributed by atoms with Crippen molar-refractivity contribution in [2.24, 2.45) is 0 Å². The number of alkyl halides is 2. The molecule has 0 N–H and O–H groups in total. The van der Waals surface area contributed by atoms with Crippen molar-refractivity contribution in [3.63, 3.8) is 0 Å². The van der Waals surface area contributed by atoms with Crippen LogP contribution in [-0.2, 0) is 0 Å². The fourth-order valence-corrected chi connectivity index (χ4v) is 3.81. The van der Waals surface area contributed by atoms with Crippen LogP contribution < -0.4 is 0 Å². The van der Waals surface area contributed by atoms with Gasteiger partial charge in [-0.25, -0.2) is 8.78 Å². The van der Waals surface area contributed by atoms with Gasteiger partial charge in [0.2, 0.25) is 5.92 Å². The van der Waals surface area contributed by atoms with Crippen LogP contribution in [0, 0.1) is 0 Å². The Labute approximate surface area is 116 Å². The van der Waals surface area contributed by atoms with Gasteiger partial charge >= 0.3 is 0 Å². The van der Waals surface area contributed by atoms with Gasteiger partial charge in [0.1, 0.15) is 0 Å². The van der Waals surface area contributed by atoms with Gasteiger partial charge in [0.05, 0.1) is 0 Å². The Morgan fingerprint density at radius 3 is 2.26 bits per heavy atom. The van der Waals surface area contributed by atoms with E-state index in [-0.39, 0.29) is 18.9 Å². The molecule has 1 saturated carbocycles. The summed E-state index contributed by atoms with van der Waals surface area (Å²) < 4.78 is 27.0. The third-order valence-electron chi connectivity index (χ3n) is 4.96. The second kappa shape index (κ2) is 6.49. The summed E-state index contributed by atoms with van der Waals surface area (Å²) >= 11 is 0. The summed E-state index contributed by atoms with van der Waals surface area (Å²) in [6.45, 7) is 8.62. The summed E-state index contributed by atoms with van der Waals surface area (Å²) in [7, 11) is 0. The average Bonchev–Trinajstić information content (AvgIpc) is 2.40. The molecule has 0 aromatic heterocycles. The number of hydrogen-bond donors (Lipinski definition) is 0. The number of halogens is 2. The van der Waals surface area contributed by atoms with E-state index >= 15 is 0 Å². The number of nitrogens with zero attached hydrogens (tertiary/aromatic N) is 2. The van der Waals surface area contributed by atoms with Gasteiger partial charge in [-0.3, -0.25) is 0 Å². The highest BCUT2D eigenvalue weighted by Gasteiger charge is 2.39. The Kier molecular flexibility index (Phi) is 5.18. The van der Waals surface area contributed by atoms with Crippen molar-refractivity contribution in [3.8, 4) is 0 Å². The second-order valence-electron chi connectivity index (χ2n) is 6.09. The summed E-state index contributed by atoms with van der Waals surface area (Å²) in [5, 5.41) is 0. The summed E-state index contributed by atoms with van der Waals surface area (Å²) in [5.74, 6) is -2.42. The highest BCUT2D eigenvalue weighted by atomic mass is 19.3. The topological polar surface area (TPSA) is 6.48 Å². The molecular weight excluding hydrogens is 246 g/mol. The Hall–Kier alpha value is -0.220. The van der Waals surface area contributed by atoms with Crippen LogP contribution in [0.4, 0.5) is 8.78 Å². The minimum absolute atomic E-state index is 0.0862. The van der Waals surface area contributed by atoms with Gasteiger partial charge in [-0.15, -0.1) is 0 Å². The van der Waals surface area contributed by atoms with Crippen molar-refractivity contribution in [1.82, 2.24) is 9.80 Å². The maximum Gasteiger partial charge on any atom is 0.249 e. The van der Waals surface area contributed by atoms with E-state index in [4.69, 9.17) is 0 Å². The van der Waals surface area contributed by atoms with Crippen molar-refractivity contribution in [1.29, 1.82) is 0 Å². The zero-order valence-electron chi connectivity index (χ0n) is 12.4. The van der Waals surface area contributed by atoms with Gasteiger partial charge in [0.15, 0.2) is 0 Å². The summed E-state index contributed by atoms with van der Waals surface area (Å²) in [5.41, 5.74) is 0. The zero-order chi connectivity index (χ0) is 13.9. The number of piperidine rings is 1. The lowest BCUT2D eigenvalue weighted by molar-refractivity contribution is -0.0684. The maximum absolute atomic E-state index is 13.5. The minimum atomic E-state index is -2.42. The van der Waals surface area contributed by atoms with Crippen molar-refractivity contribution >= 4 is 0 Å². The molecular formula is C15H28F2N2. The molecule has 1 aliphatic heterocycles. The highest BCUT2D eigenvalue weighted by molar-refractivity contribution is 4.88. The van der Waals surface area contributed by atoms with E-state index in [9.17, 15) is 8.78 Å². The molecule has 2 aliphatic rings. The Morgan fingerprint density at radius 2 is 1.74 bits per heavy atom. The van der Waals surface area contributed by atoms with Gasteiger partial charge in [-0.2, -0.15) is 0 Å². The first-order valence-electron chi connectivity index (χ1n) is 7.91.